The third-order valence-electron chi connectivity index (χ3n) is 3.15. The third-order valence-corrected chi connectivity index (χ3v) is 3.15. The molecule has 3 atom stereocenters. The Bertz CT molecular complexity index is 182. The number of hydrogen-bond acceptors (Lipinski definition) is 2. The van der Waals surface area contributed by atoms with Gasteiger partial charge in [0, 0.05) is 6.04 Å². The van der Waals surface area contributed by atoms with Crippen LogP contribution in [0.15, 0.2) is 0 Å². The highest BCUT2D eigenvalue weighted by Crippen LogP contribution is 2.29. The summed E-state index contributed by atoms with van der Waals surface area (Å²) in [5.74, 6) is 1.50. The van der Waals surface area contributed by atoms with Crippen molar-refractivity contribution < 1.29 is 4.79 Å². The van der Waals surface area contributed by atoms with Gasteiger partial charge in [-0.1, -0.05) is 13.8 Å². The van der Waals surface area contributed by atoms with Crippen molar-refractivity contribution in [2.24, 2.45) is 17.6 Å². The first-order valence-electron chi connectivity index (χ1n) is 5.13. The van der Waals surface area contributed by atoms with E-state index >= 15 is 0 Å². The van der Waals surface area contributed by atoms with Gasteiger partial charge in [0.2, 0.25) is 5.91 Å². The molecule has 0 spiro atoms. The molecule has 0 heterocycles. The summed E-state index contributed by atoms with van der Waals surface area (Å²) in [5, 5.41) is 2.96. The molecule has 1 fully saturated rings. The van der Waals surface area contributed by atoms with Gasteiger partial charge in [-0.3, -0.25) is 4.79 Å². The number of rotatable bonds is 2. The van der Waals surface area contributed by atoms with Crippen molar-refractivity contribution in [1.29, 1.82) is 0 Å². The smallest absolute Gasteiger partial charge is 0.233 e. The highest BCUT2D eigenvalue weighted by molar-refractivity contribution is 5.78. The van der Waals surface area contributed by atoms with Crippen molar-refractivity contribution in [3.05, 3.63) is 0 Å². The predicted molar refractivity (Wildman–Crippen MR) is 53.2 cm³/mol. The second-order valence-electron chi connectivity index (χ2n) is 4.24. The molecule has 76 valence electrons. The molecule has 0 aliphatic heterocycles. The molecule has 0 aromatic heterocycles. The van der Waals surface area contributed by atoms with Crippen LogP contribution in [0.25, 0.3) is 0 Å². The number of nitrogens with two attached hydrogens (primary N) is 1. The van der Waals surface area contributed by atoms with Gasteiger partial charge in [0.1, 0.15) is 0 Å². The maximum Gasteiger partial charge on any atom is 0.233 e. The van der Waals surface area contributed by atoms with Crippen molar-refractivity contribution in [3.8, 4) is 0 Å². The van der Waals surface area contributed by atoms with E-state index in [2.05, 4.69) is 19.2 Å². The lowest BCUT2D eigenvalue weighted by atomic mass is 9.79. The first-order valence-corrected chi connectivity index (χ1v) is 5.13. The SMILES string of the molecule is CC1CCC(NC(=O)CN)CC1C. The molecule has 3 heteroatoms. The van der Waals surface area contributed by atoms with Gasteiger partial charge in [-0.25, -0.2) is 0 Å². The minimum Gasteiger partial charge on any atom is -0.352 e. The molecular formula is C10H20N2O. The summed E-state index contributed by atoms with van der Waals surface area (Å²) >= 11 is 0. The lowest BCUT2D eigenvalue weighted by molar-refractivity contribution is -0.120. The van der Waals surface area contributed by atoms with E-state index in [0.29, 0.717) is 6.04 Å². The van der Waals surface area contributed by atoms with Crippen molar-refractivity contribution in [2.45, 2.75) is 39.2 Å². The standard InChI is InChI=1S/C10H20N2O/c1-7-3-4-9(5-8(7)2)12-10(13)6-11/h7-9H,3-6,11H2,1-2H3,(H,12,13). The molecule has 1 amide bonds. The summed E-state index contributed by atoms with van der Waals surface area (Å²) in [5.41, 5.74) is 5.24. The van der Waals surface area contributed by atoms with Crippen LogP contribution in [0.5, 0.6) is 0 Å². The summed E-state index contributed by atoms with van der Waals surface area (Å²) in [7, 11) is 0. The summed E-state index contributed by atoms with van der Waals surface area (Å²) in [4.78, 5) is 11.0. The minimum absolute atomic E-state index is 0.0215. The molecule has 0 aromatic rings. The van der Waals surface area contributed by atoms with Crippen molar-refractivity contribution >= 4 is 5.91 Å². The number of amides is 1. The van der Waals surface area contributed by atoms with E-state index in [-0.39, 0.29) is 12.5 Å². The Labute approximate surface area is 80.1 Å². The van der Waals surface area contributed by atoms with Gasteiger partial charge in [-0.05, 0) is 31.1 Å². The summed E-state index contributed by atoms with van der Waals surface area (Å²) in [6, 6.07) is 0.363. The Morgan fingerprint density at radius 3 is 2.62 bits per heavy atom. The number of nitrogens with one attached hydrogen (secondary N) is 1. The molecule has 0 radical (unpaired) electrons. The predicted octanol–water partition coefficient (Wildman–Crippen LogP) is 0.886. The first-order chi connectivity index (χ1) is 6.13. The molecule has 0 bridgehead atoms. The topological polar surface area (TPSA) is 55.1 Å². The van der Waals surface area contributed by atoms with E-state index in [0.717, 1.165) is 24.7 Å². The van der Waals surface area contributed by atoms with Crippen LogP contribution in [-0.2, 0) is 4.79 Å². The fraction of sp³-hybridized carbons (Fsp3) is 0.900. The van der Waals surface area contributed by atoms with E-state index in [1.54, 1.807) is 0 Å². The van der Waals surface area contributed by atoms with E-state index in [1.165, 1.54) is 6.42 Å². The molecule has 0 saturated heterocycles. The molecule has 1 rings (SSSR count). The maximum atomic E-state index is 11.0. The zero-order chi connectivity index (χ0) is 9.84. The van der Waals surface area contributed by atoms with Gasteiger partial charge in [-0.2, -0.15) is 0 Å². The van der Waals surface area contributed by atoms with Crippen molar-refractivity contribution in [2.75, 3.05) is 6.54 Å². The van der Waals surface area contributed by atoms with Crippen molar-refractivity contribution in [3.63, 3.8) is 0 Å². The average molecular weight is 184 g/mol. The highest BCUT2D eigenvalue weighted by atomic mass is 16.1. The second-order valence-corrected chi connectivity index (χ2v) is 4.24. The molecule has 3 unspecified atom stereocenters. The van der Waals surface area contributed by atoms with Crippen LogP contribution in [0, 0.1) is 11.8 Å². The summed E-state index contributed by atoms with van der Waals surface area (Å²) < 4.78 is 0. The van der Waals surface area contributed by atoms with Gasteiger partial charge in [-0.15, -0.1) is 0 Å². The van der Waals surface area contributed by atoms with Gasteiger partial charge in [0.15, 0.2) is 0 Å². The molecule has 1 saturated carbocycles. The second kappa shape index (κ2) is 4.61. The third kappa shape index (κ3) is 2.99. The van der Waals surface area contributed by atoms with Crippen LogP contribution in [0.2, 0.25) is 0 Å². The van der Waals surface area contributed by atoms with Gasteiger partial charge in [0.25, 0.3) is 0 Å². The molecule has 1 aliphatic carbocycles. The number of carbonyl (C=O) groups excluding carboxylic acids is 1. The normalized spacial score (nSPS) is 34.2. The molecule has 13 heavy (non-hydrogen) atoms. The monoisotopic (exact) mass is 184 g/mol. The zero-order valence-corrected chi connectivity index (χ0v) is 8.55. The highest BCUT2D eigenvalue weighted by Gasteiger charge is 2.24. The lowest BCUT2D eigenvalue weighted by Gasteiger charge is -2.32. The van der Waals surface area contributed by atoms with Crippen LogP contribution in [-0.4, -0.2) is 18.5 Å². The minimum atomic E-state index is -0.0215. The molecule has 1 aliphatic rings. The quantitative estimate of drug-likeness (QED) is 0.669. The first kappa shape index (κ1) is 10.5. The van der Waals surface area contributed by atoms with Gasteiger partial charge < -0.3 is 11.1 Å². The van der Waals surface area contributed by atoms with Gasteiger partial charge in [0.05, 0.1) is 6.54 Å². The van der Waals surface area contributed by atoms with E-state index in [9.17, 15) is 4.79 Å². The van der Waals surface area contributed by atoms with Crippen LogP contribution in [0.3, 0.4) is 0 Å². The Balaban J connectivity index is 2.33. The molecule has 3 N–H and O–H groups in total. The van der Waals surface area contributed by atoms with E-state index in [4.69, 9.17) is 5.73 Å². The van der Waals surface area contributed by atoms with E-state index < -0.39 is 0 Å². The summed E-state index contributed by atoms with van der Waals surface area (Å²) in [6.45, 7) is 4.65. The Morgan fingerprint density at radius 2 is 2.08 bits per heavy atom. The van der Waals surface area contributed by atoms with Crippen LogP contribution in [0.1, 0.15) is 33.1 Å². The zero-order valence-electron chi connectivity index (χ0n) is 8.55. The van der Waals surface area contributed by atoms with Gasteiger partial charge >= 0.3 is 0 Å². The molecular weight excluding hydrogens is 164 g/mol. The number of hydrogen-bond donors (Lipinski definition) is 2. The van der Waals surface area contributed by atoms with Crippen LogP contribution < -0.4 is 11.1 Å². The molecule has 3 nitrogen and oxygen atoms in total. The summed E-state index contributed by atoms with van der Waals surface area (Å²) in [6.07, 6.45) is 3.43. The molecule has 0 aromatic carbocycles. The van der Waals surface area contributed by atoms with Crippen LogP contribution >= 0.6 is 0 Å². The average Bonchev–Trinajstić information content (AvgIpc) is 2.11. The Kier molecular flexibility index (Phi) is 3.72. The van der Waals surface area contributed by atoms with Crippen LogP contribution in [0.4, 0.5) is 0 Å². The largest absolute Gasteiger partial charge is 0.352 e. The Morgan fingerprint density at radius 1 is 1.38 bits per heavy atom. The fourth-order valence-corrected chi connectivity index (χ4v) is 1.97. The lowest BCUT2D eigenvalue weighted by Crippen LogP contribution is -2.42. The number of carbonyl (C=O) groups is 1. The van der Waals surface area contributed by atoms with E-state index in [1.807, 2.05) is 0 Å². The fourth-order valence-electron chi connectivity index (χ4n) is 1.97. The van der Waals surface area contributed by atoms with Crippen molar-refractivity contribution in [1.82, 2.24) is 5.32 Å². The maximum absolute atomic E-state index is 11.0. The Hall–Kier alpha value is -0.570.